The molecule has 1 aliphatic heterocycles. The average molecular weight is 458 g/mol. The Hall–Kier alpha value is -2.41. The van der Waals surface area contributed by atoms with Gasteiger partial charge in [-0.3, -0.25) is 4.79 Å². The van der Waals surface area contributed by atoms with Gasteiger partial charge in [0.1, 0.15) is 16.2 Å². The van der Waals surface area contributed by atoms with Crippen LogP contribution in [-0.4, -0.2) is 33.9 Å². The first-order chi connectivity index (χ1) is 14.6. The summed E-state index contributed by atoms with van der Waals surface area (Å²) in [5.74, 6) is 0.872. The monoisotopic (exact) mass is 457 g/mol. The smallest absolute Gasteiger partial charge is 0.273 e. The average Bonchev–Trinajstić information content (AvgIpc) is 3.40. The molecule has 0 atom stereocenters. The number of piperidine rings is 1. The molecule has 0 radical (unpaired) electrons. The van der Waals surface area contributed by atoms with E-state index in [2.05, 4.69) is 9.97 Å². The van der Waals surface area contributed by atoms with Crippen LogP contribution in [0.2, 0.25) is 10.0 Å². The lowest BCUT2D eigenvalue weighted by Gasteiger charge is -2.30. The minimum absolute atomic E-state index is 0.0395. The quantitative estimate of drug-likeness (QED) is 0.363. The van der Waals surface area contributed by atoms with Gasteiger partial charge in [-0.1, -0.05) is 35.3 Å². The molecule has 1 saturated heterocycles. The van der Waals surface area contributed by atoms with E-state index in [1.807, 2.05) is 46.7 Å². The predicted molar refractivity (Wildman–Crippen MR) is 119 cm³/mol. The second kappa shape index (κ2) is 8.02. The molecule has 0 unspecified atom stereocenters. The maximum absolute atomic E-state index is 12.9. The number of halogens is 2. The molecule has 0 N–H and O–H groups in total. The lowest BCUT2D eigenvalue weighted by molar-refractivity contribution is 0.0701. The molecule has 8 heteroatoms. The summed E-state index contributed by atoms with van der Waals surface area (Å²) >= 11 is 13.6. The van der Waals surface area contributed by atoms with Gasteiger partial charge in [0.25, 0.3) is 5.91 Å². The second-order valence-corrected chi connectivity index (χ2v) is 9.01. The van der Waals surface area contributed by atoms with E-state index in [0.29, 0.717) is 28.8 Å². The predicted octanol–water partition coefficient (Wildman–Crippen LogP) is 6.28. The highest BCUT2D eigenvalue weighted by molar-refractivity contribution is 7.13. The Bertz CT molecular complexity index is 1230. The molecule has 1 aliphatic rings. The van der Waals surface area contributed by atoms with Gasteiger partial charge in [-0.2, -0.15) is 0 Å². The molecule has 3 heterocycles. The number of aromatic nitrogens is 2. The van der Waals surface area contributed by atoms with Crippen molar-refractivity contribution < 1.29 is 9.21 Å². The number of amides is 1. The van der Waals surface area contributed by atoms with Crippen molar-refractivity contribution in [1.82, 2.24) is 14.9 Å². The minimum Gasteiger partial charge on any atom is -0.440 e. The molecule has 2 aromatic carbocycles. The number of hydrogen-bond acceptors (Lipinski definition) is 5. The number of likely N-dealkylation sites (tertiary alicyclic amines) is 1. The SMILES string of the molecule is O=C(c1csc(-c2cccc(Cl)c2)n1)N1CCC(c2nc3cc(Cl)ccc3o2)CC1. The van der Waals surface area contributed by atoms with Crippen LogP contribution in [0.25, 0.3) is 21.7 Å². The van der Waals surface area contributed by atoms with Crippen LogP contribution in [0.4, 0.5) is 0 Å². The molecule has 2 aromatic heterocycles. The van der Waals surface area contributed by atoms with Crippen LogP contribution < -0.4 is 0 Å². The third-order valence-electron chi connectivity index (χ3n) is 5.29. The molecule has 152 valence electrons. The van der Waals surface area contributed by atoms with Gasteiger partial charge in [-0.05, 0) is 43.2 Å². The van der Waals surface area contributed by atoms with Gasteiger partial charge < -0.3 is 9.32 Å². The van der Waals surface area contributed by atoms with E-state index in [4.69, 9.17) is 27.6 Å². The summed E-state index contributed by atoms with van der Waals surface area (Å²) in [7, 11) is 0. The highest BCUT2D eigenvalue weighted by Gasteiger charge is 2.28. The maximum atomic E-state index is 12.9. The summed E-state index contributed by atoms with van der Waals surface area (Å²) in [6, 6.07) is 12.9. The molecule has 0 saturated carbocycles. The first-order valence-corrected chi connectivity index (χ1v) is 11.3. The fourth-order valence-electron chi connectivity index (χ4n) is 3.71. The topological polar surface area (TPSA) is 59.2 Å². The molecule has 5 nitrogen and oxygen atoms in total. The van der Waals surface area contributed by atoms with E-state index in [1.165, 1.54) is 11.3 Å². The molecule has 4 aromatic rings. The fraction of sp³-hybridized carbons (Fsp3) is 0.227. The van der Waals surface area contributed by atoms with Gasteiger partial charge in [-0.15, -0.1) is 11.3 Å². The highest BCUT2D eigenvalue weighted by atomic mass is 35.5. The normalized spacial score (nSPS) is 15.1. The summed E-state index contributed by atoms with van der Waals surface area (Å²) < 4.78 is 5.91. The summed E-state index contributed by atoms with van der Waals surface area (Å²) in [5, 5.41) is 3.90. The van der Waals surface area contributed by atoms with Crippen LogP contribution in [0.15, 0.2) is 52.3 Å². The van der Waals surface area contributed by atoms with E-state index >= 15 is 0 Å². The fourth-order valence-corrected chi connectivity index (χ4v) is 4.86. The van der Waals surface area contributed by atoms with Crippen molar-refractivity contribution in [3.63, 3.8) is 0 Å². The van der Waals surface area contributed by atoms with E-state index < -0.39 is 0 Å². The highest BCUT2D eigenvalue weighted by Crippen LogP contribution is 2.32. The van der Waals surface area contributed by atoms with Crippen LogP contribution >= 0.6 is 34.5 Å². The van der Waals surface area contributed by atoms with Crippen molar-refractivity contribution in [3.8, 4) is 10.6 Å². The summed E-state index contributed by atoms with van der Waals surface area (Å²) in [6.45, 7) is 1.29. The Balaban J connectivity index is 1.26. The molecule has 1 fully saturated rings. The van der Waals surface area contributed by atoms with Gasteiger partial charge in [0.15, 0.2) is 11.5 Å². The molecule has 30 heavy (non-hydrogen) atoms. The van der Waals surface area contributed by atoms with Crippen LogP contribution in [0.1, 0.15) is 35.1 Å². The number of fused-ring (bicyclic) bond motifs is 1. The number of rotatable bonds is 3. The van der Waals surface area contributed by atoms with E-state index in [9.17, 15) is 4.79 Å². The summed E-state index contributed by atoms with van der Waals surface area (Å²) in [4.78, 5) is 23.9. The molecule has 0 bridgehead atoms. The summed E-state index contributed by atoms with van der Waals surface area (Å²) in [6.07, 6.45) is 1.61. The molecular formula is C22H17Cl2N3O2S. The second-order valence-electron chi connectivity index (χ2n) is 7.28. The first kappa shape index (κ1) is 19.5. The van der Waals surface area contributed by atoms with Crippen molar-refractivity contribution in [2.24, 2.45) is 0 Å². The number of nitrogens with zero attached hydrogens (tertiary/aromatic N) is 3. The van der Waals surface area contributed by atoms with Crippen LogP contribution in [0.5, 0.6) is 0 Å². The van der Waals surface area contributed by atoms with Crippen LogP contribution in [0, 0.1) is 0 Å². The van der Waals surface area contributed by atoms with Crippen molar-refractivity contribution in [2.75, 3.05) is 13.1 Å². The Morgan fingerprint density at radius 2 is 1.87 bits per heavy atom. The maximum Gasteiger partial charge on any atom is 0.273 e. The van der Waals surface area contributed by atoms with Gasteiger partial charge >= 0.3 is 0 Å². The van der Waals surface area contributed by atoms with Crippen molar-refractivity contribution in [1.29, 1.82) is 0 Å². The Labute approximate surface area is 187 Å². The number of carbonyl (C=O) groups is 1. The van der Waals surface area contributed by atoms with Crippen molar-refractivity contribution >= 4 is 51.5 Å². The number of oxazole rings is 1. The molecule has 0 spiro atoms. The van der Waals surface area contributed by atoms with E-state index in [-0.39, 0.29) is 11.8 Å². The number of hydrogen-bond donors (Lipinski definition) is 0. The van der Waals surface area contributed by atoms with Crippen molar-refractivity contribution in [2.45, 2.75) is 18.8 Å². The minimum atomic E-state index is -0.0395. The standard InChI is InChI=1S/C22H17Cl2N3O2S/c23-15-3-1-2-14(10-15)21-26-18(12-30-21)22(28)27-8-6-13(7-9-27)20-25-17-11-16(24)4-5-19(17)29-20/h1-5,10-13H,6-9H2. The zero-order chi connectivity index (χ0) is 20.7. The first-order valence-electron chi connectivity index (χ1n) is 9.63. The van der Waals surface area contributed by atoms with Crippen molar-refractivity contribution in [3.05, 3.63) is 69.5 Å². The molecular weight excluding hydrogens is 441 g/mol. The van der Waals surface area contributed by atoms with Gasteiger partial charge in [0.05, 0.1) is 0 Å². The zero-order valence-electron chi connectivity index (χ0n) is 15.8. The summed E-state index contributed by atoms with van der Waals surface area (Å²) in [5.41, 5.74) is 2.90. The number of benzene rings is 2. The molecule has 1 amide bonds. The van der Waals surface area contributed by atoms with E-state index in [1.54, 1.807) is 6.07 Å². The number of carbonyl (C=O) groups excluding carboxylic acids is 1. The number of thiazole rings is 1. The third kappa shape index (κ3) is 3.83. The lowest BCUT2D eigenvalue weighted by Crippen LogP contribution is -2.38. The molecule has 0 aliphatic carbocycles. The van der Waals surface area contributed by atoms with Crippen LogP contribution in [-0.2, 0) is 0 Å². The van der Waals surface area contributed by atoms with Crippen LogP contribution in [0.3, 0.4) is 0 Å². The lowest BCUT2D eigenvalue weighted by atomic mass is 9.96. The van der Waals surface area contributed by atoms with Gasteiger partial charge in [0, 0.05) is 40.0 Å². The Morgan fingerprint density at radius 3 is 2.67 bits per heavy atom. The van der Waals surface area contributed by atoms with E-state index in [0.717, 1.165) is 40.4 Å². The Kier molecular flexibility index (Phi) is 5.23. The zero-order valence-corrected chi connectivity index (χ0v) is 18.2. The Morgan fingerprint density at radius 1 is 1.07 bits per heavy atom. The van der Waals surface area contributed by atoms with Gasteiger partial charge in [0.2, 0.25) is 0 Å². The third-order valence-corrected chi connectivity index (χ3v) is 6.65. The van der Waals surface area contributed by atoms with Gasteiger partial charge in [-0.25, -0.2) is 9.97 Å². The molecule has 5 rings (SSSR count). The largest absolute Gasteiger partial charge is 0.440 e.